The Bertz CT molecular complexity index is 1560. The molecule has 1 aliphatic carbocycles. The standard InChI is InChI=1S/C31H28Cl2N4O4/c32-24-14-22(37-17-27(35-18-37)21-7-2-1-3-8-21)15-25(33)29(24)30(39)36-26(31(40)41)16-34-28(38)13-12-20-11-10-19-6-4-5-9-23(19)20/h1-9,14-15,17-18,20,26H,10-13,16H2,(H,34,38)(H,36,39)(H,40,41)/t20-,26-/m0/s1. The Kier molecular flexibility index (Phi) is 8.71. The molecule has 1 heterocycles. The maximum Gasteiger partial charge on any atom is 0.328 e. The monoisotopic (exact) mass is 590 g/mol. The number of hydrogen-bond donors (Lipinski definition) is 3. The molecule has 0 saturated heterocycles. The van der Waals surface area contributed by atoms with Gasteiger partial charge in [-0.25, -0.2) is 9.78 Å². The molecule has 41 heavy (non-hydrogen) atoms. The predicted molar refractivity (Wildman–Crippen MR) is 158 cm³/mol. The number of carbonyl (C=O) groups excluding carboxylic acids is 2. The van der Waals surface area contributed by atoms with Gasteiger partial charge in [-0.2, -0.15) is 0 Å². The van der Waals surface area contributed by atoms with Crippen molar-refractivity contribution >= 4 is 41.0 Å². The fourth-order valence-electron chi connectivity index (χ4n) is 5.13. The van der Waals surface area contributed by atoms with E-state index in [1.165, 1.54) is 11.1 Å². The number of benzene rings is 3. The summed E-state index contributed by atoms with van der Waals surface area (Å²) >= 11 is 12.9. The number of imidazole rings is 1. The van der Waals surface area contributed by atoms with Crippen LogP contribution in [0.4, 0.5) is 0 Å². The van der Waals surface area contributed by atoms with Crippen molar-refractivity contribution in [1.29, 1.82) is 0 Å². The molecule has 0 unspecified atom stereocenters. The van der Waals surface area contributed by atoms with E-state index in [4.69, 9.17) is 23.2 Å². The number of aromatic nitrogens is 2. The molecule has 0 saturated carbocycles. The van der Waals surface area contributed by atoms with Crippen LogP contribution < -0.4 is 10.6 Å². The SMILES string of the molecule is O=C(CC[C@@H]1CCc2ccccc21)NC[C@H](NC(=O)c1c(Cl)cc(-n2cnc(-c3ccccc3)c2)cc1Cl)C(=O)O. The molecular weight excluding hydrogens is 563 g/mol. The molecule has 0 radical (unpaired) electrons. The van der Waals surface area contributed by atoms with Crippen molar-refractivity contribution in [3.05, 3.63) is 106 Å². The minimum atomic E-state index is -1.37. The zero-order chi connectivity index (χ0) is 28.9. The second kappa shape index (κ2) is 12.6. The molecular formula is C31H28Cl2N4O4. The lowest BCUT2D eigenvalue weighted by Gasteiger charge is -2.17. The highest BCUT2D eigenvalue weighted by atomic mass is 35.5. The van der Waals surface area contributed by atoms with Crippen LogP contribution in [0.15, 0.2) is 79.3 Å². The van der Waals surface area contributed by atoms with Crippen molar-refractivity contribution in [2.45, 2.75) is 37.6 Å². The molecule has 0 fully saturated rings. The number of carboxylic acid groups (broad SMARTS) is 1. The van der Waals surface area contributed by atoms with Crippen LogP contribution in [0.25, 0.3) is 16.9 Å². The number of nitrogens with zero attached hydrogens (tertiary/aromatic N) is 2. The van der Waals surface area contributed by atoms with Gasteiger partial charge in [-0.15, -0.1) is 0 Å². The number of halogens is 2. The van der Waals surface area contributed by atoms with Gasteiger partial charge in [0.15, 0.2) is 0 Å². The van der Waals surface area contributed by atoms with Gasteiger partial charge in [0.25, 0.3) is 5.91 Å². The van der Waals surface area contributed by atoms with E-state index < -0.39 is 17.9 Å². The van der Waals surface area contributed by atoms with Crippen molar-refractivity contribution < 1.29 is 19.5 Å². The summed E-state index contributed by atoms with van der Waals surface area (Å²) in [5, 5.41) is 14.8. The van der Waals surface area contributed by atoms with E-state index in [9.17, 15) is 19.5 Å². The first-order valence-electron chi connectivity index (χ1n) is 13.3. The van der Waals surface area contributed by atoms with Gasteiger partial charge in [-0.1, -0.05) is 77.8 Å². The normalized spacial score (nSPS) is 14.7. The minimum Gasteiger partial charge on any atom is -0.480 e. The molecule has 0 spiro atoms. The highest BCUT2D eigenvalue weighted by molar-refractivity contribution is 6.40. The first-order valence-corrected chi connectivity index (χ1v) is 14.0. The highest BCUT2D eigenvalue weighted by Gasteiger charge is 2.26. The molecule has 3 N–H and O–H groups in total. The maximum absolute atomic E-state index is 13.0. The zero-order valence-electron chi connectivity index (χ0n) is 22.0. The van der Waals surface area contributed by atoms with E-state index in [-0.39, 0.29) is 34.5 Å². The topological polar surface area (TPSA) is 113 Å². The van der Waals surface area contributed by atoms with E-state index in [0.717, 1.165) is 24.1 Å². The maximum atomic E-state index is 13.0. The van der Waals surface area contributed by atoms with Gasteiger partial charge in [0.1, 0.15) is 6.04 Å². The van der Waals surface area contributed by atoms with Crippen LogP contribution in [0.3, 0.4) is 0 Å². The largest absolute Gasteiger partial charge is 0.480 e. The number of carboxylic acids is 1. The Balaban J connectivity index is 1.19. The molecule has 210 valence electrons. The molecule has 8 nitrogen and oxygen atoms in total. The predicted octanol–water partition coefficient (Wildman–Crippen LogP) is 5.66. The molecule has 2 amide bonds. The lowest BCUT2D eigenvalue weighted by molar-refractivity contribution is -0.139. The Morgan fingerprint density at radius 3 is 2.46 bits per heavy atom. The molecule has 2 atom stereocenters. The van der Waals surface area contributed by atoms with E-state index >= 15 is 0 Å². The quantitative estimate of drug-likeness (QED) is 0.221. The van der Waals surface area contributed by atoms with Crippen LogP contribution in [-0.2, 0) is 16.0 Å². The smallest absolute Gasteiger partial charge is 0.328 e. The van der Waals surface area contributed by atoms with Crippen LogP contribution >= 0.6 is 23.2 Å². The summed E-state index contributed by atoms with van der Waals surface area (Å²) in [5.41, 5.74) is 4.81. The van der Waals surface area contributed by atoms with Gasteiger partial charge < -0.3 is 20.3 Å². The van der Waals surface area contributed by atoms with Gasteiger partial charge in [0.2, 0.25) is 5.91 Å². The van der Waals surface area contributed by atoms with Gasteiger partial charge in [0, 0.05) is 30.4 Å². The highest BCUT2D eigenvalue weighted by Crippen LogP contribution is 2.36. The Labute approximate surface area is 247 Å². The zero-order valence-corrected chi connectivity index (χ0v) is 23.5. The number of carbonyl (C=O) groups is 3. The number of amides is 2. The summed E-state index contributed by atoms with van der Waals surface area (Å²) in [5.74, 6) is -2.01. The summed E-state index contributed by atoms with van der Waals surface area (Å²) in [6, 6.07) is 19.6. The van der Waals surface area contributed by atoms with Crippen molar-refractivity contribution in [1.82, 2.24) is 20.2 Å². The van der Waals surface area contributed by atoms with E-state index in [2.05, 4.69) is 27.8 Å². The Hall–Kier alpha value is -4.14. The van der Waals surface area contributed by atoms with Crippen molar-refractivity contribution in [3.63, 3.8) is 0 Å². The molecule has 1 aromatic heterocycles. The molecule has 4 aromatic rings. The minimum absolute atomic E-state index is 0.0463. The summed E-state index contributed by atoms with van der Waals surface area (Å²) < 4.78 is 1.72. The number of hydrogen-bond acceptors (Lipinski definition) is 4. The lowest BCUT2D eigenvalue weighted by atomic mass is 9.96. The van der Waals surface area contributed by atoms with Crippen molar-refractivity contribution in [2.75, 3.05) is 6.54 Å². The Morgan fingerprint density at radius 1 is 1.02 bits per heavy atom. The van der Waals surface area contributed by atoms with E-state index in [1.807, 2.05) is 48.7 Å². The van der Waals surface area contributed by atoms with Crippen LogP contribution in [0.1, 0.15) is 46.7 Å². The second-order valence-electron chi connectivity index (χ2n) is 9.96. The molecule has 1 aliphatic rings. The summed E-state index contributed by atoms with van der Waals surface area (Å²) in [6.07, 6.45) is 6.35. The summed E-state index contributed by atoms with van der Waals surface area (Å²) in [6.45, 7) is -0.272. The van der Waals surface area contributed by atoms with Crippen LogP contribution in [0.2, 0.25) is 10.0 Å². The third-order valence-electron chi connectivity index (χ3n) is 7.29. The van der Waals surface area contributed by atoms with Gasteiger partial charge >= 0.3 is 5.97 Å². The molecule has 0 aliphatic heterocycles. The van der Waals surface area contributed by atoms with Gasteiger partial charge in [-0.05, 0) is 48.4 Å². The summed E-state index contributed by atoms with van der Waals surface area (Å²) in [4.78, 5) is 41.8. The van der Waals surface area contributed by atoms with Crippen molar-refractivity contribution in [3.8, 4) is 16.9 Å². The van der Waals surface area contributed by atoms with E-state index in [0.29, 0.717) is 18.0 Å². The average Bonchev–Trinajstić information content (AvgIpc) is 3.62. The first kappa shape index (κ1) is 28.4. The van der Waals surface area contributed by atoms with Crippen LogP contribution in [0.5, 0.6) is 0 Å². The first-order chi connectivity index (χ1) is 19.8. The van der Waals surface area contributed by atoms with Crippen LogP contribution in [0, 0.1) is 0 Å². The molecule has 5 rings (SSSR count). The number of fused-ring (bicyclic) bond motifs is 1. The third-order valence-corrected chi connectivity index (χ3v) is 7.88. The number of nitrogens with one attached hydrogen (secondary N) is 2. The van der Waals surface area contributed by atoms with Crippen LogP contribution in [-0.4, -0.2) is 45.0 Å². The number of aryl methyl sites for hydroxylation is 1. The van der Waals surface area contributed by atoms with Gasteiger partial charge in [-0.3, -0.25) is 9.59 Å². The third kappa shape index (κ3) is 6.61. The fourth-order valence-corrected chi connectivity index (χ4v) is 5.78. The lowest BCUT2D eigenvalue weighted by Crippen LogP contribution is -2.48. The molecule has 3 aromatic carbocycles. The fraction of sp³-hybridized carbons (Fsp3) is 0.226. The Morgan fingerprint density at radius 2 is 1.73 bits per heavy atom. The van der Waals surface area contributed by atoms with Gasteiger partial charge in [0.05, 0.1) is 27.6 Å². The number of rotatable bonds is 10. The van der Waals surface area contributed by atoms with Crippen molar-refractivity contribution in [2.24, 2.45) is 0 Å². The average molecular weight is 591 g/mol. The van der Waals surface area contributed by atoms with E-state index in [1.54, 1.807) is 23.0 Å². The summed E-state index contributed by atoms with van der Waals surface area (Å²) in [7, 11) is 0. The second-order valence-corrected chi connectivity index (χ2v) is 10.8. The number of aliphatic carboxylic acids is 1. The molecule has 10 heteroatoms. The molecule has 0 bridgehead atoms.